The van der Waals surface area contributed by atoms with Gasteiger partial charge in [-0.05, 0) is 31.7 Å². The molecule has 110 valence electrons. The third kappa shape index (κ3) is 3.68. The fourth-order valence-electron chi connectivity index (χ4n) is 2.64. The molecule has 1 aromatic heterocycles. The Morgan fingerprint density at radius 1 is 1.40 bits per heavy atom. The average Bonchev–Trinajstić information content (AvgIpc) is 2.53. The lowest BCUT2D eigenvalue weighted by Crippen LogP contribution is -2.46. The number of hydrogen-bond acceptors (Lipinski definition) is 4. The molecule has 5 nitrogen and oxygen atoms in total. The van der Waals surface area contributed by atoms with Crippen molar-refractivity contribution in [3.63, 3.8) is 0 Å². The Balaban J connectivity index is 1.95. The minimum atomic E-state index is 0.0492. The van der Waals surface area contributed by atoms with Gasteiger partial charge in [0, 0.05) is 31.5 Å². The van der Waals surface area contributed by atoms with Crippen molar-refractivity contribution in [1.29, 1.82) is 0 Å². The molecule has 1 aromatic rings. The van der Waals surface area contributed by atoms with Gasteiger partial charge in [-0.2, -0.15) is 0 Å². The second kappa shape index (κ2) is 7.22. The second-order valence-electron chi connectivity index (χ2n) is 5.36. The topological polar surface area (TPSA) is 58.1 Å². The number of anilines is 1. The lowest BCUT2D eigenvalue weighted by molar-refractivity contribution is -0.126. The highest BCUT2D eigenvalue weighted by atomic mass is 16.2. The van der Waals surface area contributed by atoms with Crippen molar-refractivity contribution in [2.24, 2.45) is 5.92 Å². The summed E-state index contributed by atoms with van der Waals surface area (Å²) in [6.07, 6.45) is 7.43. The van der Waals surface area contributed by atoms with E-state index in [0.29, 0.717) is 6.04 Å². The predicted molar refractivity (Wildman–Crippen MR) is 79.5 cm³/mol. The van der Waals surface area contributed by atoms with Crippen molar-refractivity contribution in [2.75, 3.05) is 18.0 Å². The first-order valence-corrected chi connectivity index (χ1v) is 7.57. The van der Waals surface area contributed by atoms with Gasteiger partial charge in [-0.25, -0.2) is 9.97 Å². The molecule has 1 amide bonds. The van der Waals surface area contributed by atoms with Crippen LogP contribution in [0.25, 0.3) is 0 Å². The molecule has 1 aliphatic rings. The monoisotopic (exact) mass is 276 g/mol. The van der Waals surface area contributed by atoms with Gasteiger partial charge >= 0.3 is 0 Å². The molecule has 1 aliphatic heterocycles. The maximum atomic E-state index is 12.3. The minimum absolute atomic E-state index is 0.0492. The minimum Gasteiger partial charge on any atom is -0.353 e. The number of nitrogens with one attached hydrogen (secondary N) is 1. The number of aromatic nitrogens is 2. The Morgan fingerprint density at radius 3 is 2.75 bits per heavy atom. The van der Waals surface area contributed by atoms with Crippen LogP contribution < -0.4 is 10.2 Å². The van der Waals surface area contributed by atoms with Crippen LogP contribution in [0.15, 0.2) is 18.5 Å². The van der Waals surface area contributed by atoms with Crippen LogP contribution >= 0.6 is 0 Å². The largest absolute Gasteiger partial charge is 0.353 e. The van der Waals surface area contributed by atoms with Crippen molar-refractivity contribution in [3.8, 4) is 0 Å². The van der Waals surface area contributed by atoms with Crippen LogP contribution in [0.2, 0.25) is 0 Å². The number of hydrogen-bond donors (Lipinski definition) is 1. The Hall–Kier alpha value is -1.65. The molecule has 0 aromatic carbocycles. The molecule has 0 saturated carbocycles. The fourth-order valence-corrected chi connectivity index (χ4v) is 2.64. The smallest absolute Gasteiger partial charge is 0.225 e. The van der Waals surface area contributed by atoms with Gasteiger partial charge in [0.25, 0.3) is 0 Å². The zero-order valence-corrected chi connectivity index (χ0v) is 12.4. The van der Waals surface area contributed by atoms with Gasteiger partial charge in [0.1, 0.15) is 0 Å². The molecule has 0 spiro atoms. The van der Waals surface area contributed by atoms with Crippen LogP contribution in [-0.2, 0) is 4.79 Å². The van der Waals surface area contributed by atoms with E-state index in [2.05, 4.69) is 34.0 Å². The van der Waals surface area contributed by atoms with Crippen LogP contribution in [0.1, 0.15) is 39.5 Å². The Labute approximate surface area is 120 Å². The van der Waals surface area contributed by atoms with E-state index in [1.165, 1.54) is 0 Å². The normalized spacial score (nSPS) is 19.1. The Morgan fingerprint density at radius 2 is 2.10 bits per heavy atom. The van der Waals surface area contributed by atoms with Gasteiger partial charge in [-0.1, -0.05) is 13.8 Å². The number of rotatable bonds is 5. The molecular weight excluding hydrogens is 252 g/mol. The second-order valence-corrected chi connectivity index (χ2v) is 5.36. The maximum absolute atomic E-state index is 12.3. The van der Waals surface area contributed by atoms with Crippen molar-refractivity contribution >= 4 is 11.9 Å². The highest BCUT2D eigenvalue weighted by Gasteiger charge is 2.27. The van der Waals surface area contributed by atoms with E-state index in [4.69, 9.17) is 0 Å². The molecule has 1 fully saturated rings. The molecule has 0 bridgehead atoms. The molecule has 1 atom stereocenters. The van der Waals surface area contributed by atoms with Gasteiger partial charge in [-0.15, -0.1) is 0 Å². The molecule has 1 N–H and O–H groups in total. The number of nitrogens with zero attached hydrogens (tertiary/aromatic N) is 3. The van der Waals surface area contributed by atoms with Crippen molar-refractivity contribution in [1.82, 2.24) is 15.3 Å². The molecule has 0 radical (unpaired) electrons. The van der Waals surface area contributed by atoms with E-state index >= 15 is 0 Å². The number of carbonyl (C=O) groups is 1. The first-order chi connectivity index (χ1) is 9.74. The standard InChI is InChI=1S/C15H24N4O/c1-3-13(4-2)18-14(20)12-7-5-10-19(11-12)15-16-8-6-9-17-15/h6,8-9,12-13H,3-5,7,10-11H2,1-2H3,(H,18,20). The highest BCUT2D eigenvalue weighted by molar-refractivity contribution is 5.79. The third-order valence-corrected chi connectivity index (χ3v) is 3.96. The predicted octanol–water partition coefficient (Wildman–Crippen LogP) is 2.00. The summed E-state index contributed by atoms with van der Waals surface area (Å²) >= 11 is 0. The van der Waals surface area contributed by atoms with E-state index in [1.54, 1.807) is 12.4 Å². The van der Waals surface area contributed by atoms with E-state index in [0.717, 1.165) is 44.7 Å². The molecule has 5 heteroatoms. The Bertz CT molecular complexity index is 419. The Kier molecular flexibility index (Phi) is 5.32. The summed E-state index contributed by atoms with van der Waals surface area (Å²) in [7, 11) is 0. The van der Waals surface area contributed by atoms with Gasteiger partial charge in [-0.3, -0.25) is 4.79 Å². The molecule has 2 heterocycles. The van der Waals surface area contributed by atoms with Crippen LogP contribution in [0.5, 0.6) is 0 Å². The fraction of sp³-hybridized carbons (Fsp3) is 0.667. The van der Waals surface area contributed by atoms with E-state index in [1.807, 2.05) is 6.07 Å². The number of amides is 1. The summed E-state index contributed by atoms with van der Waals surface area (Å²) in [5, 5.41) is 3.15. The molecule has 1 saturated heterocycles. The molecule has 2 rings (SSSR count). The first kappa shape index (κ1) is 14.8. The van der Waals surface area contributed by atoms with E-state index in [9.17, 15) is 4.79 Å². The molecular formula is C15H24N4O. The molecule has 0 aliphatic carbocycles. The van der Waals surface area contributed by atoms with Crippen LogP contribution in [0, 0.1) is 5.92 Å². The zero-order chi connectivity index (χ0) is 14.4. The SMILES string of the molecule is CCC(CC)NC(=O)C1CCCN(c2ncccn2)C1. The number of piperidine rings is 1. The van der Waals surface area contributed by atoms with Crippen LogP contribution in [-0.4, -0.2) is 35.0 Å². The van der Waals surface area contributed by atoms with Crippen molar-refractivity contribution in [3.05, 3.63) is 18.5 Å². The summed E-state index contributed by atoms with van der Waals surface area (Å²) in [4.78, 5) is 23.0. The summed E-state index contributed by atoms with van der Waals surface area (Å²) in [5.41, 5.74) is 0. The van der Waals surface area contributed by atoms with Crippen molar-refractivity contribution in [2.45, 2.75) is 45.6 Å². The van der Waals surface area contributed by atoms with Gasteiger partial charge in [0.2, 0.25) is 11.9 Å². The summed E-state index contributed by atoms with van der Waals surface area (Å²) < 4.78 is 0. The quantitative estimate of drug-likeness (QED) is 0.893. The molecule has 1 unspecified atom stereocenters. The third-order valence-electron chi connectivity index (χ3n) is 3.96. The highest BCUT2D eigenvalue weighted by Crippen LogP contribution is 2.20. The van der Waals surface area contributed by atoms with Crippen LogP contribution in [0.3, 0.4) is 0 Å². The summed E-state index contributed by atoms with van der Waals surface area (Å²) in [5.74, 6) is 0.958. The van der Waals surface area contributed by atoms with E-state index in [-0.39, 0.29) is 11.8 Å². The molecule has 20 heavy (non-hydrogen) atoms. The number of carbonyl (C=O) groups excluding carboxylic acids is 1. The van der Waals surface area contributed by atoms with E-state index < -0.39 is 0 Å². The van der Waals surface area contributed by atoms with Gasteiger partial charge in [0.05, 0.1) is 5.92 Å². The maximum Gasteiger partial charge on any atom is 0.225 e. The summed E-state index contributed by atoms with van der Waals surface area (Å²) in [6.45, 7) is 5.87. The lowest BCUT2D eigenvalue weighted by atomic mass is 9.96. The van der Waals surface area contributed by atoms with Gasteiger partial charge < -0.3 is 10.2 Å². The van der Waals surface area contributed by atoms with Crippen molar-refractivity contribution < 1.29 is 4.79 Å². The summed E-state index contributed by atoms with van der Waals surface area (Å²) in [6, 6.07) is 2.11. The lowest BCUT2D eigenvalue weighted by Gasteiger charge is -2.32. The average molecular weight is 276 g/mol. The van der Waals surface area contributed by atoms with Gasteiger partial charge in [0.15, 0.2) is 0 Å². The zero-order valence-electron chi connectivity index (χ0n) is 12.4. The van der Waals surface area contributed by atoms with Crippen LogP contribution in [0.4, 0.5) is 5.95 Å². The first-order valence-electron chi connectivity index (χ1n) is 7.57.